The highest BCUT2D eigenvalue weighted by atomic mass is 16.3. The molecule has 1 fully saturated rings. The van der Waals surface area contributed by atoms with Gasteiger partial charge in [-0.15, -0.1) is 0 Å². The normalized spacial score (nSPS) is 19.4. The molecular weight excluding hydrogens is 354 g/mol. The lowest BCUT2D eigenvalue weighted by molar-refractivity contribution is 0.0275. The van der Waals surface area contributed by atoms with Gasteiger partial charge in [0, 0.05) is 40.8 Å². The molecule has 0 bridgehead atoms. The lowest BCUT2D eigenvalue weighted by Gasteiger charge is -2.29. The van der Waals surface area contributed by atoms with Gasteiger partial charge in [-0.1, -0.05) is 30.3 Å². The van der Waals surface area contributed by atoms with Gasteiger partial charge in [0.25, 0.3) is 0 Å². The first-order valence-corrected chi connectivity index (χ1v) is 9.49. The molecule has 0 spiro atoms. The van der Waals surface area contributed by atoms with Crippen molar-refractivity contribution < 1.29 is 9.90 Å². The van der Waals surface area contributed by atoms with E-state index in [1.807, 2.05) is 43.3 Å². The lowest BCUT2D eigenvalue weighted by atomic mass is 10.0. The van der Waals surface area contributed by atoms with E-state index in [-0.39, 0.29) is 12.6 Å². The van der Waals surface area contributed by atoms with Crippen molar-refractivity contribution in [2.45, 2.75) is 18.6 Å². The second-order valence-electron chi connectivity index (χ2n) is 7.75. The van der Waals surface area contributed by atoms with E-state index in [1.165, 1.54) is 10.5 Å². The summed E-state index contributed by atoms with van der Waals surface area (Å²) in [5, 5.41) is 13.7. The van der Waals surface area contributed by atoms with Crippen molar-refractivity contribution >= 4 is 17.5 Å². The molecule has 2 heterocycles. The van der Waals surface area contributed by atoms with Crippen LogP contribution in [0.3, 0.4) is 0 Å². The molecule has 1 atom stereocenters. The molecule has 1 saturated heterocycles. The minimum absolute atomic E-state index is 0.278. The number of rotatable bonds is 6. The maximum absolute atomic E-state index is 12.5. The minimum Gasteiger partial charge on any atom is -0.387 e. The van der Waals surface area contributed by atoms with E-state index in [0.717, 1.165) is 18.8 Å². The number of pyridine rings is 1. The molecular formula is C21H29N5O2. The molecule has 2 N–H and O–H groups in total. The van der Waals surface area contributed by atoms with Crippen LogP contribution in [-0.4, -0.2) is 72.3 Å². The fourth-order valence-corrected chi connectivity index (χ4v) is 3.49. The summed E-state index contributed by atoms with van der Waals surface area (Å²) in [6.07, 6.45) is 2.36. The Kier molecular flexibility index (Phi) is 6.16. The molecule has 0 aliphatic carbocycles. The molecule has 2 aromatic rings. The minimum atomic E-state index is -0.900. The molecule has 1 aromatic carbocycles. The first kappa shape index (κ1) is 20.1. The van der Waals surface area contributed by atoms with Gasteiger partial charge in [-0.3, -0.25) is 10.2 Å². The molecule has 0 radical (unpaired) electrons. The molecule has 1 unspecified atom stereocenters. The van der Waals surface area contributed by atoms with Crippen LogP contribution in [0.1, 0.15) is 12.0 Å². The summed E-state index contributed by atoms with van der Waals surface area (Å²) < 4.78 is 0. The van der Waals surface area contributed by atoms with E-state index in [0.29, 0.717) is 18.8 Å². The number of likely N-dealkylation sites (N-methyl/N-ethyl adjacent to an activating group) is 1. The van der Waals surface area contributed by atoms with E-state index in [2.05, 4.69) is 27.3 Å². The highest BCUT2D eigenvalue weighted by molar-refractivity contribution is 5.88. The van der Waals surface area contributed by atoms with Crippen LogP contribution in [0.25, 0.3) is 0 Å². The molecule has 0 saturated carbocycles. The number of likely N-dealkylation sites (tertiary alicyclic amines) is 1. The van der Waals surface area contributed by atoms with Gasteiger partial charge in [0.15, 0.2) is 0 Å². The van der Waals surface area contributed by atoms with Crippen molar-refractivity contribution in [3.8, 4) is 0 Å². The SMILES string of the molecule is CN(CC1(O)CCN(Cc2ccccc2)C1)C(=O)Nc1ccc(N(C)C)cn1. The summed E-state index contributed by atoms with van der Waals surface area (Å²) in [6.45, 7) is 2.45. The predicted octanol–water partition coefficient (Wildman–Crippen LogP) is 2.25. The van der Waals surface area contributed by atoms with Crippen molar-refractivity contribution in [1.82, 2.24) is 14.8 Å². The van der Waals surface area contributed by atoms with Crippen LogP contribution in [0.15, 0.2) is 48.7 Å². The summed E-state index contributed by atoms with van der Waals surface area (Å²) in [6, 6.07) is 13.6. The van der Waals surface area contributed by atoms with Crippen LogP contribution in [0.4, 0.5) is 16.3 Å². The Morgan fingerprint density at radius 2 is 1.96 bits per heavy atom. The van der Waals surface area contributed by atoms with E-state index < -0.39 is 5.60 Å². The number of aromatic nitrogens is 1. The number of hydrogen-bond donors (Lipinski definition) is 2. The number of β-amino-alcohol motifs (C(OH)–C–C–N with tert-alkyl or cyclic N) is 1. The Morgan fingerprint density at radius 3 is 2.61 bits per heavy atom. The number of carbonyl (C=O) groups is 1. The highest BCUT2D eigenvalue weighted by Crippen LogP contribution is 2.24. The zero-order valence-corrected chi connectivity index (χ0v) is 16.8. The second kappa shape index (κ2) is 8.58. The Hall–Kier alpha value is -2.64. The number of hydrogen-bond acceptors (Lipinski definition) is 5. The molecule has 150 valence electrons. The third-order valence-corrected chi connectivity index (χ3v) is 5.04. The number of nitrogens with zero attached hydrogens (tertiary/aromatic N) is 4. The highest BCUT2D eigenvalue weighted by Gasteiger charge is 2.37. The third kappa shape index (κ3) is 5.21. The molecule has 1 aromatic heterocycles. The van der Waals surface area contributed by atoms with Crippen molar-refractivity contribution in [2.24, 2.45) is 0 Å². The quantitative estimate of drug-likeness (QED) is 0.801. The fraction of sp³-hybridized carbons (Fsp3) is 0.429. The van der Waals surface area contributed by atoms with E-state index in [9.17, 15) is 9.90 Å². The van der Waals surface area contributed by atoms with Crippen LogP contribution in [0, 0.1) is 0 Å². The molecule has 28 heavy (non-hydrogen) atoms. The average Bonchev–Trinajstić information content (AvgIpc) is 3.03. The largest absolute Gasteiger partial charge is 0.387 e. The number of amides is 2. The zero-order chi connectivity index (χ0) is 20.1. The van der Waals surface area contributed by atoms with Crippen LogP contribution in [-0.2, 0) is 6.54 Å². The van der Waals surface area contributed by atoms with Gasteiger partial charge in [0.2, 0.25) is 0 Å². The number of benzene rings is 1. The molecule has 7 nitrogen and oxygen atoms in total. The predicted molar refractivity (Wildman–Crippen MR) is 111 cm³/mol. The molecule has 7 heteroatoms. The first-order chi connectivity index (χ1) is 13.3. The van der Waals surface area contributed by atoms with Gasteiger partial charge in [-0.05, 0) is 24.1 Å². The molecule has 3 rings (SSSR count). The van der Waals surface area contributed by atoms with Gasteiger partial charge in [0.05, 0.1) is 24.0 Å². The first-order valence-electron chi connectivity index (χ1n) is 9.49. The monoisotopic (exact) mass is 383 g/mol. The Morgan fingerprint density at radius 1 is 1.21 bits per heavy atom. The molecule has 1 aliphatic rings. The van der Waals surface area contributed by atoms with E-state index >= 15 is 0 Å². The summed E-state index contributed by atoms with van der Waals surface area (Å²) in [4.78, 5) is 22.4. The summed E-state index contributed by atoms with van der Waals surface area (Å²) >= 11 is 0. The third-order valence-electron chi connectivity index (χ3n) is 5.04. The lowest BCUT2D eigenvalue weighted by Crippen LogP contribution is -2.47. The second-order valence-corrected chi connectivity index (χ2v) is 7.75. The van der Waals surface area contributed by atoms with Crippen LogP contribution in [0.5, 0.6) is 0 Å². The number of carbonyl (C=O) groups excluding carboxylic acids is 1. The molecule has 1 aliphatic heterocycles. The van der Waals surface area contributed by atoms with Crippen molar-refractivity contribution in [1.29, 1.82) is 0 Å². The average molecular weight is 383 g/mol. The van der Waals surface area contributed by atoms with Crippen molar-refractivity contribution in [2.75, 3.05) is 51.0 Å². The number of aliphatic hydroxyl groups is 1. The number of nitrogens with one attached hydrogen (secondary N) is 1. The summed E-state index contributed by atoms with van der Waals surface area (Å²) in [5.74, 6) is 0.492. The Balaban J connectivity index is 1.51. The molecule has 2 amide bonds. The van der Waals surface area contributed by atoms with Gasteiger partial charge >= 0.3 is 6.03 Å². The maximum Gasteiger partial charge on any atom is 0.322 e. The van der Waals surface area contributed by atoms with Gasteiger partial charge in [-0.25, -0.2) is 9.78 Å². The zero-order valence-electron chi connectivity index (χ0n) is 16.8. The summed E-state index contributed by atoms with van der Waals surface area (Å²) in [7, 11) is 5.57. The van der Waals surface area contributed by atoms with Gasteiger partial charge in [-0.2, -0.15) is 0 Å². The van der Waals surface area contributed by atoms with E-state index in [4.69, 9.17) is 0 Å². The van der Waals surface area contributed by atoms with Crippen LogP contribution >= 0.6 is 0 Å². The summed E-state index contributed by atoms with van der Waals surface area (Å²) in [5.41, 5.74) is 1.29. The number of anilines is 2. The standard InChI is InChI=1S/C21H29N5O2/c1-24(2)18-9-10-19(22-13-18)23-20(27)25(3)15-21(28)11-12-26(16-21)14-17-7-5-4-6-8-17/h4-10,13,28H,11-12,14-16H2,1-3H3,(H,22,23,27). The van der Waals surface area contributed by atoms with Crippen LogP contribution < -0.4 is 10.2 Å². The van der Waals surface area contributed by atoms with Crippen molar-refractivity contribution in [3.05, 3.63) is 54.2 Å². The Labute approximate surface area is 166 Å². The Bertz CT molecular complexity index is 781. The van der Waals surface area contributed by atoms with Crippen LogP contribution in [0.2, 0.25) is 0 Å². The van der Waals surface area contributed by atoms with Gasteiger partial charge < -0.3 is 14.9 Å². The number of urea groups is 1. The maximum atomic E-state index is 12.5. The smallest absolute Gasteiger partial charge is 0.322 e. The fourth-order valence-electron chi connectivity index (χ4n) is 3.49. The van der Waals surface area contributed by atoms with E-state index in [1.54, 1.807) is 19.3 Å². The van der Waals surface area contributed by atoms with Gasteiger partial charge in [0.1, 0.15) is 5.82 Å². The van der Waals surface area contributed by atoms with Crippen molar-refractivity contribution in [3.63, 3.8) is 0 Å². The topological polar surface area (TPSA) is 71.9 Å².